The van der Waals surface area contributed by atoms with E-state index in [0.717, 1.165) is 7.11 Å². The molecule has 1 aromatic rings. The van der Waals surface area contributed by atoms with Crippen LogP contribution in [-0.2, 0) is 25.6 Å². The van der Waals surface area contributed by atoms with Crippen molar-refractivity contribution in [3.05, 3.63) is 23.8 Å². The molecule has 0 spiro atoms. The molecule has 0 fully saturated rings. The van der Waals surface area contributed by atoms with Crippen LogP contribution in [0.1, 0.15) is 17.3 Å². The zero-order valence-corrected chi connectivity index (χ0v) is 13.6. The molecular weight excluding hydrogens is 316 g/mol. The Labute approximate surface area is 126 Å². The molecule has 3 N–H and O–H groups in total. The van der Waals surface area contributed by atoms with Gasteiger partial charge in [-0.05, 0) is 25.1 Å². The Hall–Kier alpha value is -1.45. The molecule has 0 radical (unpaired) electrons. The van der Waals surface area contributed by atoms with Crippen molar-refractivity contribution in [3.8, 4) is 0 Å². The molecule has 118 valence electrons. The molecule has 0 aliphatic carbocycles. The fourth-order valence-corrected chi connectivity index (χ4v) is 4.08. The summed E-state index contributed by atoms with van der Waals surface area (Å²) in [5.41, 5.74) is 5.67. The van der Waals surface area contributed by atoms with Gasteiger partial charge in [-0.25, -0.2) is 17.9 Å². The number of esters is 1. The molecule has 0 aromatic heterocycles. The van der Waals surface area contributed by atoms with Gasteiger partial charge in [0.05, 0.1) is 17.6 Å². The van der Waals surface area contributed by atoms with Crippen LogP contribution >= 0.6 is 0 Å². The van der Waals surface area contributed by atoms with Crippen molar-refractivity contribution in [2.24, 2.45) is 0 Å². The first-order valence-electron chi connectivity index (χ1n) is 5.97. The Morgan fingerprint density at radius 3 is 2.62 bits per heavy atom. The van der Waals surface area contributed by atoms with Crippen molar-refractivity contribution in [2.45, 2.75) is 17.9 Å². The van der Waals surface area contributed by atoms with E-state index < -0.39 is 32.8 Å². The maximum atomic E-state index is 12.3. The molecule has 2 unspecified atom stereocenters. The van der Waals surface area contributed by atoms with Gasteiger partial charge in [0.1, 0.15) is 0 Å². The number of ether oxygens (including phenoxy) is 1. The third kappa shape index (κ3) is 4.80. The highest BCUT2D eigenvalue weighted by Crippen LogP contribution is 2.20. The summed E-state index contributed by atoms with van der Waals surface area (Å²) in [6.07, 6.45) is 1.48. The highest BCUT2D eigenvalue weighted by atomic mass is 32.2. The summed E-state index contributed by atoms with van der Waals surface area (Å²) in [6, 6.07) is 3.32. The molecule has 0 heterocycles. The van der Waals surface area contributed by atoms with Gasteiger partial charge in [0.25, 0.3) is 0 Å². The lowest BCUT2D eigenvalue weighted by atomic mass is 10.2. The molecule has 1 rings (SSSR count). The molecule has 7 nitrogen and oxygen atoms in total. The number of nitrogens with two attached hydrogens (primary N) is 1. The second-order valence-electron chi connectivity index (χ2n) is 4.51. The van der Waals surface area contributed by atoms with Gasteiger partial charge in [-0.2, -0.15) is 0 Å². The van der Waals surface area contributed by atoms with Gasteiger partial charge in [-0.15, -0.1) is 0 Å². The van der Waals surface area contributed by atoms with Gasteiger partial charge in [-0.1, -0.05) is 0 Å². The van der Waals surface area contributed by atoms with Crippen LogP contribution in [0.25, 0.3) is 0 Å². The number of benzene rings is 1. The standard InChI is InChI=1S/C12H18N2O5S2/c1-8(7-20(3)16)14-21(17,18)11-5-4-9(13)6-10(11)12(15)19-2/h4-6,8,14H,7,13H2,1-3H3. The molecule has 1 aromatic carbocycles. The molecular formula is C12H18N2O5S2. The van der Waals surface area contributed by atoms with Gasteiger partial charge < -0.3 is 10.5 Å². The minimum absolute atomic E-state index is 0.144. The minimum Gasteiger partial charge on any atom is -0.465 e. The average molecular weight is 334 g/mol. The van der Waals surface area contributed by atoms with Gasteiger partial charge in [0.15, 0.2) is 0 Å². The van der Waals surface area contributed by atoms with Crippen LogP contribution in [0.5, 0.6) is 0 Å². The number of hydrogen-bond donors (Lipinski definition) is 2. The number of nitrogen functional groups attached to an aromatic ring is 1. The van der Waals surface area contributed by atoms with Crippen LogP contribution < -0.4 is 10.5 Å². The van der Waals surface area contributed by atoms with Crippen molar-refractivity contribution >= 4 is 32.5 Å². The minimum atomic E-state index is -3.95. The summed E-state index contributed by atoms with van der Waals surface area (Å²) in [6.45, 7) is 1.59. The summed E-state index contributed by atoms with van der Waals surface area (Å²) in [5, 5.41) is 0. The maximum Gasteiger partial charge on any atom is 0.339 e. The largest absolute Gasteiger partial charge is 0.465 e. The molecule has 0 aliphatic rings. The van der Waals surface area contributed by atoms with Crippen LogP contribution in [0, 0.1) is 0 Å². The summed E-state index contributed by atoms with van der Waals surface area (Å²) in [7, 11) is -3.94. The van der Waals surface area contributed by atoms with E-state index in [4.69, 9.17) is 5.73 Å². The average Bonchev–Trinajstić information content (AvgIpc) is 2.35. The van der Waals surface area contributed by atoms with E-state index in [1.165, 1.54) is 24.5 Å². The number of anilines is 1. The Kier molecular flexibility index (Phi) is 5.87. The first kappa shape index (κ1) is 17.6. The zero-order valence-electron chi connectivity index (χ0n) is 12.0. The fraction of sp³-hybridized carbons (Fsp3) is 0.417. The predicted molar refractivity (Wildman–Crippen MR) is 80.9 cm³/mol. The molecule has 0 bridgehead atoms. The third-order valence-electron chi connectivity index (χ3n) is 2.54. The number of nitrogens with one attached hydrogen (secondary N) is 1. The third-order valence-corrected chi connectivity index (χ3v) is 5.16. The predicted octanol–water partition coefficient (Wildman–Crippen LogP) is 0.101. The van der Waals surface area contributed by atoms with Crippen LogP contribution in [-0.4, -0.2) is 43.8 Å². The van der Waals surface area contributed by atoms with E-state index in [0.29, 0.717) is 0 Å². The number of rotatable bonds is 6. The van der Waals surface area contributed by atoms with E-state index in [-0.39, 0.29) is 21.9 Å². The van der Waals surface area contributed by atoms with Gasteiger partial charge in [0.2, 0.25) is 10.0 Å². The normalized spacial score (nSPS) is 14.4. The number of carbonyl (C=O) groups excluding carboxylic acids is 1. The van der Waals surface area contributed by atoms with Crippen LogP contribution in [0.15, 0.2) is 23.1 Å². The topological polar surface area (TPSA) is 116 Å². The second kappa shape index (κ2) is 7.01. The highest BCUT2D eigenvalue weighted by molar-refractivity contribution is 7.89. The van der Waals surface area contributed by atoms with E-state index in [9.17, 15) is 17.4 Å². The Bertz CT molecular complexity index is 658. The molecule has 0 aliphatic heterocycles. The summed E-state index contributed by atoms with van der Waals surface area (Å²) < 4.78 is 42.7. The monoisotopic (exact) mass is 334 g/mol. The molecule has 0 saturated heterocycles. The maximum absolute atomic E-state index is 12.3. The van der Waals surface area contributed by atoms with E-state index in [1.807, 2.05) is 0 Å². The second-order valence-corrected chi connectivity index (χ2v) is 7.67. The van der Waals surface area contributed by atoms with Crippen LogP contribution in [0.4, 0.5) is 5.69 Å². The van der Waals surface area contributed by atoms with Crippen molar-refractivity contribution in [1.82, 2.24) is 4.72 Å². The number of hydrogen-bond acceptors (Lipinski definition) is 6. The van der Waals surface area contributed by atoms with E-state index in [2.05, 4.69) is 9.46 Å². The van der Waals surface area contributed by atoms with Crippen LogP contribution in [0.2, 0.25) is 0 Å². The summed E-state index contributed by atoms with van der Waals surface area (Å²) in [5.74, 6) is -0.628. The number of methoxy groups -OCH3 is 1. The van der Waals surface area contributed by atoms with Crippen molar-refractivity contribution in [1.29, 1.82) is 0 Å². The van der Waals surface area contributed by atoms with Gasteiger partial charge >= 0.3 is 5.97 Å². The first-order valence-corrected chi connectivity index (χ1v) is 9.18. The van der Waals surface area contributed by atoms with E-state index >= 15 is 0 Å². The summed E-state index contributed by atoms with van der Waals surface area (Å²) in [4.78, 5) is 11.5. The van der Waals surface area contributed by atoms with Crippen LogP contribution in [0.3, 0.4) is 0 Å². The lowest BCUT2D eigenvalue weighted by Crippen LogP contribution is -2.36. The highest BCUT2D eigenvalue weighted by Gasteiger charge is 2.25. The van der Waals surface area contributed by atoms with E-state index in [1.54, 1.807) is 6.92 Å². The molecule has 0 saturated carbocycles. The van der Waals surface area contributed by atoms with Gasteiger partial charge in [-0.3, -0.25) is 4.21 Å². The Morgan fingerprint density at radius 1 is 1.48 bits per heavy atom. The van der Waals surface area contributed by atoms with Crippen molar-refractivity contribution < 1.29 is 22.2 Å². The van der Waals surface area contributed by atoms with Crippen molar-refractivity contribution in [2.75, 3.05) is 24.9 Å². The molecule has 2 atom stereocenters. The fourth-order valence-electron chi connectivity index (χ4n) is 1.77. The molecule has 9 heteroatoms. The molecule has 21 heavy (non-hydrogen) atoms. The first-order chi connectivity index (χ1) is 9.67. The number of carbonyl (C=O) groups is 1. The molecule has 0 amide bonds. The zero-order chi connectivity index (χ0) is 16.2. The summed E-state index contributed by atoms with van der Waals surface area (Å²) >= 11 is 0. The lowest BCUT2D eigenvalue weighted by molar-refractivity contribution is 0.0596. The number of sulfonamides is 1. The Morgan fingerprint density at radius 2 is 2.10 bits per heavy atom. The smallest absolute Gasteiger partial charge is 0.339 e. The van der Waals surface area contributed by atoms with Crippen molar-refractivity contribution in [3.63, 3.8) is 0 Å². The quantitative estimate of drug-likeness (QED) is 0.563. The lowest BCUT2D eigenvalue weighted by Gasteiger charge is -2.15. The Balaban J connectivity index is 3.19. The SMILES string of the molecule is COC(=O)c1cc(N)ccc1S(=O)(=O)NC(C)CS(C)=O. The van der Waals surface area contributed by atoms with Gasteiger partial charge in [0, 0.05) is 34.5 Å².